The summed E-state index contributed by atoms with van der Waals surface area (Å²) in [5.74, 6) is 0. The van der Waals surface area contributed by atoms with Gasteiger partial charge < -0.3 is 5.11 Å². The minimum absolute atomic E-state index is 0.116. The van der Waals surface area contributed by atoms with Gasteiger partial charge in [0, 0.05) is 12.8 Å². The molecule has 0 aliphatic heterocycles. The van der Waals surface area contributed by atoms with Crippen LogP contribution in [-0.2, 0) is 0 Å². The highest BCUT2D eigenvalue weighted by Crippen LogP contribution is 2.05. The fourth-order valence-corrected chi connectivity index (χ4v) is 0.914. The van der Waals surface area contributed by atoms with Crippen LogP contribution < -0.4 is 0 Å². The van der Waals surface area contributed by atoms with Gasteiger partial charge in [0.25, 0.3) is 0 Å². The van der Waals surface area contributed by atoms with Crippen LogP contribution in [0.1, 0.15) is 17.7 Å². The predicted molar refractivity (Wildman–Crippen MR) is 49.7 cm³/mol. The van der Waals surface area contributed by atoms with E-state index in [1.165, 1.54) is 0 Å². The van der Waals surface area contributed by atoms with Crippen LogP contribution in [0.2, 0.25) is 0 Å². The van der Waals surface area contributed by atoms with Gasteiger partial charge in [0.15, 0.2) is 0 Å². The smallest absolute Gasteiger partial charge is 0.101 e. The largest absolute Gasteiger partial charge is 0.396 e. The summed E-state index contributed by atoms with van der Waals surface area (Å²) in [6.07, 6.45) is 5.76. The average Bonchev–Trinajstić information content (AvgIpc) is 2.19. The number of rotatable bonds is 3. The Morgan fingerprint density at radius 1 is 1.62 bits per heavy atom. The van der Waals surface area contributed by atoms with Crippen LogP contribution in [0, 0.1) is 11.3 Å². The van der Waals surface area contributed by atoms with Gasteiger partial charge in [-0.25, -0.2) is 0 Å². The summed E-state index contributed by atoms with van der Waals surface area (Å²) in [5.41, 5.74) is 1.20. The van der Waals surface area contributed by atoms with Crippen molar-refractivity contribution >= 4 is 6.08 Å². The number of nitrogens with zero attached hydrogens (tertiary/aromatic N) is 2. The van der Waals surface area contributed by atoms with Gasteiger partial charge in [-0.05, 0) is 24.6 Å². The molecule has 1 heterocycles. The van der Waals surface area contributed by atoms with Crippen molar-refractivity contribution in [1.29, 1.82) is 5.26 Å². The lowest BCUT2D eigenvalue weighted by Gasteiger charge is -1.94. The summed E-state index contributed by atoms with van der Waals surface area (Å²) >= 11 is 0. The zero-order chi connectivity index (χ0) is 9.52. The summed E-state index contributed by atoms with van der Waals surface area (Å²) in [6.45, 7) is 0.116. The summed E-state index contributed by atoms with van der Waals surface area (Å²) < 4.78 is 0. The molecule has 3 heteroatoms. The Kier molecular flexibility index (Phi) is 3.68. The maximum Gasteiger partial charge on any atom is 0.101 e. The van der Waals surface area contributed by atoms with Crippen molar-refractivity contribution in [3.05, 3.63) is 35.7 Å². The van der Waals surface area contributed by atoms with Crippen molar-refractivity contribution in [2.75, 3.05) is 6.61 Å². The number of hydrogen-bond acceptors (Lipinski definition) is 3. The molecule has 1 N–H and O–H groups in total. The van der Waals surface area contributed by atoms with Crippen LogP contribution in [0.5, 0.6) is 0 Å². The number of aliphatic hydroxyl groups excluding tert-OH is 1. The van der Waals surface area contributed by atoms with E-state index < -0.39 is 0 Å². The number of nitriles is 1. The molecule has 0 radical (unpaired) electrons. The zero-order valence-corrected chi connectivity index (χ0v) is 7.14. The SMILES string of the molecule is N#Cc1cccnc1C=CCCO. The topological polar surface area (TPSA) is 56.9 Å². The maximum atomic E-state index is 8.70. The quantitative estimate of drug-likeness (QED) is 0.752. The summed E-state index contributed by atoms with van der Waals surface area (Å²) in [7, 11) is 0. The number of aromatic nitrogens is 1. The van der Waals surface area contributed by atoms with E-state index in [4.69, 9.17) is 10.4 Å². The van der Waals surface area contributed by atoms with Gasteiger partial charge >= 0.3 is 0 Å². The molecule has 0 spiro atoms. The van der Waals surface area contributed by atoms with Gasteiger partial charge in [0.05, 0.1) is 11.3 Å². The number of hydrogen-bond donors (Lipinski definition) is 1. The summed E-state index contributed by atoms with van der Waals surface area (Å²) in [4.78, 5) is 4.03. The minimum Gasteiger partial charge on any atom is -0.396 e. The van der Waals surface area contributed by atoms with Crippen LogP contribution in [-0.4, -0.2) is 16.7 Å². The first kappa shape index (κ1) is 9.43. The first-order chi connectivity index (χ1) is 6.38. The monoisotopic (exact) mass is 174 g/mol. The highest BCUT2D eigenvalue weighted by molar-refractivity contribution is 5.53. The molecule has 0 saturated carbocycles. The van der Waals surface area contributed by atoms with E-state index in [0.29, 0.717) is 17.7 Å². The van der Waals surface area contributed by atoms with E-state index in [1.807, 2.05) is 6.07 Å². The molecule has 1 aromatic heterocycles. The number of pyridine rings is 1. The third-order valence-electron chi connectivity index (χ3n) is 1.53. The average molecular weight is 174 g/mol. The molecule has 0 unspecified atom stereocenters. The fourth-order valence-electron chi connectivity index (χ4n) is 0.914. The lowest BCUT2D eigenvalue weighted by Crippen LogP contribution is -1.85. The summed E-state index contributed by atoms with van der Waals surface area (Å²) in [5, 5.41) is 17.2. The third kappa shape index (κ3) is 2.69. The molecule has 0 fully saturated rings. The maximum absolute atomic E-state index is 8.70. The van der Waals surface area contributed by atoms with Gasteiger partial charge in [0.1, 0.15) is 6.07 Å². The van der Waals surface area contributed by atoms with Gasteiger partial charge in [0.2, 0.25) is 0 Å². The van der Waals surface area contributed by atoms with Crippen molar-refractivity contribution in [3.8, 4) is 6.07 Å². The van der Waals surface area contributed by atoms with Gasteiger partial charge in [-0.1, -0.05) is 6.08 Å². The Labute approximate surface area is 77.0 Å². The van der Waals surface area contributed by atoms with E-state index in [2.05, 4.69) is 4.98 Å². The lowest BCUT2D eigenvalue weighted by atomic mass is 10.2. The summed E-state index contributed by atoms with van der Waals surface area (Å²) in [6, 6.07) is 5.48. The molecule has 0 aliphatic rings. The van der Waals surface area contributed by atoms with Crippen molar-refractivity contribution < 1.29 is 5.11 Å². The van der Waals surface area contributed by atoms with Crippen LogP contribution in [0.4, 0.5) is 0 Å². The van der Waals surface area contributed by atoms with E-state index in [1.54, 1.807) is 30.5 Å². The second-order valence-corrected chi connectivity index (χ2v) is 2.46. The van der Waals surface area contributed by atoms with Crippen LogP contribution in [0.25, 0.3) is 6.08 Å². The Bertz CT molecular complexity index is 339. The molecule has 0 atom stereocenters. The molecule has 1 aromatic rings. The van der Waals surface area contributed by atoms with Gasteiger partial charge in [-0.2, -0.15) is 5.26 Å². The van der Waals surface area contributed by atoms with Gasteiger partial charge in [-0.3, -0.25) is 4.98 Å². The minimum atomic E-state index is 0.116. The van der Waals surface area contributed by atoms with Crippen molar-refractivity contribution in [2.45, 2.75) is 6.42 Å². The van der Waals surface area contributed by atoms with Crippen molar-refractivity contribution in [1.82, 2.24) is 4.98 Å². The highest BCUT2D eigenvalue weighted by atomic mass is 16.2. The fraction of sp³-hybridized carbons (Fsp3) is 0.200. The van der Waals surface area contributed by atoms with Crippen molar-refractivity contribution in [3.63, 3.8) is 0 Å². The van der Waals surface area contributed by atoms with E-state index >= 15 is 0 Å². The molecular formula is C10H10N2O. The van der Waals surface area contributed by atoms with Crippen LogP contribution in [0.3, 0.4) is 0 Å². The van der Waals surface area contributed by atoms with Crippen LogP contribution in [0.15, 0.2) is 24.4 Å². The second-order valence-electron chi connectivity index (χ2n) is 2.46. The molecule has 0 bridgehead atoms. The molecule has 0 aromatic carbocycles. The third-order valence-corrected chi connectivity index (χ3v) is 1.53. The first-order valence-electron chi connectivity index (χ1n) is 4.01. The molecule has 13 heavy (non-hydrogen) atoms. The lowest BCUT2D eigenvalue weighted by molar-refractivity contribution is 0.303. The van der Waals surface area contributed by atoms with E-state index in [0.717, 1.165) is 0 Å². The number of aliphatic hydroxyl groups is 1. The highest BCUT2D eigenvalue weighted by Gasteiger charge is 1.96. The standard InChI is InChI=1S/C10H10N2O/c11-8-9-4-3-6-12-10(9)5-1-2-7-13/h1,3-6,13H,2,7H2. The van der Waals surface area contributed by atoms with Crippen LogP contribution >= 0.6 is 0 Å². The molecule has 0 amide bonds. The Balaban J connectivity index is 2.82. The second kappa shape index (κ2) is 5.07. The zero-order valence-electron chi connectivity index (χ0n) is 7.14. The first-order valence-corrected chi connectivity index (χ1v) is 4.01. The molecule has 3 nitrogen and oxygen atoms in total. The van der Waals surface area contributed by atoms with E-state index in [-0.39, 0.29) is 6.61 Å². The molecule has 66 valence electrons. The van der Waals surface area contributed by atoms with Crippen molar-refractivity contribution in [2.24, 2.45) is 0 Å². The Hall–Kier alpha value is -1.66. The molecule has 0 aliphatic carbocycles. The van der Waals surface area contributed by atoms with Gasteiger partial charge in [-0.15, -0.1) is 0 Å². The Morgan fingerprint density at radius 3 is 3.15 bits per heavy atom. The Morgan fingerprint density at radius 2 is 2.46 bits per heavy atom. The normalized spacial score (nSPS) is 10.2. The molecule has 1 rings (SSSR count). The molecular weight excluding hydrogens is 164 g/mol. The molecule has 0 saturated heterocycles. The predicted octanol–water partition coefficient (Wildman–Crippen LogP) is 1.35. The van der Waals surface area contributed by atoms with E-state index in [9.17, 15) is 0 Å².